The fraction of sp³-hybridized carbons (Fsp3) is 0.410. The summed E-state index contributed by atoms with van der Waals surface area (Å²) in [7, 11) is 0. The number of aromatic amines is 2. The number of nitrogens with two attached hydrogens (primary N) is 1. The molecule has 4 heterocycles. The molecule has 6 rings (SSSR count). The standard InChI is InChI=1S/C22H24F4N4O5S.C17H16F4N4O3S.ClH/c1-22(2,3)35-21(34)29-13(19(32)33)7-27-15(31)6-12-14-4-9(8-30(14)20(36)28-12)16-17(25)10(23)5-11(24)18(16)26;18-7-2-8(19)15(21)13(14(7)20)6-1-11-10(24-17(29)25(11)5-6)3-12(26)23-4-9(22)16(27)28;/h5,9,13H,4,6-8H2,1-3H3,(H,27,31)(H,28,36)(H,29,34)(H,32,33);2,6,9H,1,3-5,22H2,(H,23,26)(H,24,29)(H,27,28);1H/t9-,13-;6-,9-;/m00./s1. The van der Waals surface area contributed by atoms with Gasteiger partial charge in [0.2, 0.25) is 11.8 Å². The molecule has 0 fully saturated rings. The smallest absolute Gasteiger partial charge is 0.408 e. The van der Waals surface area contributed by atoms with Crippen LogP contribution in [0.1, 0.15) is 66.5 Å². The average molecular weight is 1000 g/mol. The van der Waals surface area contributed by atoms with Crippen LogP contribution in [0.5, 0.6) is 0 Å². The fourth-order valence-corrected chi connectivity index (χ4v) is 7.82. The molecule has 0 saturated heterocycles. The van der Waals surface area contributed by atoms with Gasteiger partial charge in [-0.25, -0.2) is 44.7 Å². The Bertz CT molecular complexity index is 2640. The van der Waals surface area contributed by atoms with Crippen molar-refractivity contribution in [3.05, 3.63) is 102 Å². The molecule has 2 aromatic carbocycles. The van der Waals surface area contributed by atoms with E-state index >= 15 is 0 Å². The maximum Gasteiger partial charge on any atom is 0.408 e. The van der Waals surface area contributed by atoms with Crippen LogP contribution in [0.3, 0.4) is 0 Å². The summed E-state index contributed by atoms with van der Waals surface area (Å²) < 4.78 is 120. The number of carbonyl (C=O) groups excluding carboxylic acids is 3. The number of alkyl carbamates (subject to hydrolysis) is 1. The summed E-state index contributed by atoms with van der Waals surface area (Å²) in [4.78, 5) is 64.1. The Hall–Kier alpha value is -5.86. The summed E-state index contributed by atoms with van der Waals surface area (Å²) in [5, 5.41) is 24.9. The normalized spacial score (nSPS) is 15.9. The van der Waals surface area contributed by atoms with Crippen molar-refractivity contribution in [2.24, 2.45) is 5.73 Å². The summed E-state index contributed by atoms with van der Waals surface area (Å²) in [5.41, 5.74) is 4.56. The summed E-state index contributed by atoms with van der Waals surface area (Å²) in [6.45, 7) is 3.97. The molecule has 360 valence electrons. The highest BCUT2D eigenvalue weighted by Crippen LogP contribution is 2.37. The van der Waals surface area contributed by atoms with Gasteiger partial charge in [-0.15, -0.1) is 12.4 Å². The van der Waals surface area contributed by atoms with Gasteiger partial charge >= 0.3 is 18.0 Å². The van der Waals surface area contributed by atoms with Crippen LogP contribution < -0.4 is 21.7 Å². The van der Waals surface area contributed by atoms with Gasteiger partial charge in [-0.05, 0) is 58.0 Å². The number of rotatable bonds is 13. The van der Waals surface area contributed by atoms with E-state index in [1.54, 1.807) is 20.8 Å². The number of nitrogens with one attached hydrogen (secondary N) is 5. The number of carbonyl (C=O) groups is 5. The van der Waals surface area contributed by atoms with Crippen LogP contribution in [-0.2, 0) is 62.7 Å². The number of ether oxygens (including phenoxy) is 1. The second-order valence-corrected chi connectivity index (χ2v) is 16.7. The molecule has 3 amide bonds. The number of carboxylic acids is 2. The molecular weight excluding hydrogens is 960 g/mol. The van der Waals surface area contributed by atoms with E-state index in [1.807, 2.05) is 0 Å². The van der Waals surface area contributed by atoms with E-state index in [1.165, 1.54) is 9.13 Å². The van der Waals surface area contributed by atoms with E-state index in [4.69, 9.17) is 40.0 Å². The highest BCUT2D eigenvalue weighted by Gasteiger charge is 2.36. The van der Waals surface area contributed by atoms with Crippen molar-refractivity contribution in [3.8, 4) is 0 Å². The van der Waals surface area contributed by atoms with Crippen LogP contribution in [0, 0.1) is 56.1 Å². The van der Waals surface area contributed by atoms with E-state index in [0.717, 1.165) is 0 Å². The predicted molar refractivity (Wildman–Crippen MR) is 222 cm³/mol. The van der Waals surface area contributed by atoms with Crippen LogP contribution in [0.15, 0.2) is 12.1 Å². The zero-order chi connectivity index (χ0) is 48.4. The highest BCUT2D eigenvalue weighted by molar-refractivity contribution is 7.71. The number of aromatic nitrogens is 4. The fourth-order valence-electron chi connectivity index (χ4n) is 7.20. The third-order valence-corrected chi connectivity index (χ3v) is 10.8. The Morgan fingerprint density at radius 2 is 1.11 bits per heavy atom. The van der Waals surface area contributed by atoms with Gasteiger partial charge in [0.1, 0.15) is 17.7 Å². The van der Waals surface area contributed by atoms with Crippen molar-refractivity contribution in [1.29, 1.82) is 0 Å². The average Bonchev–Trinajstić information content (AvgIpc) is 3.97. The molecule has 2 aliphatic rings. The summed E-state index contributed by atoms with van der Waals surface area (Å²) in [5.74, 6) is -17.6. The molecule has 0 unspecified atom stereocenters. The zero-order valence-electron chi connectivity index (χ0n) is 34.7. The summed E-state index contributed by atoms with van der Waals surface area (Å²) >= 11 is 10.4. The third kappa shape index (κ3) is 12.1. The molecule has 0 bridgehead atoms. The zero-order valence-corrected chi connectivity index (χ0v) is 37.1. The Kier molecular flexibility index (Phi) is 16.9. The van der Waals surface area contributed by atoms with Crippen LogP contribution >= 0.6 is 36.8 Å². The van der Waals surface area contributed by atoms with E-state index in [-0.39, 0.29) is 79.4 Å². The maximum atomic E-state index is 14.3. The molecule has 9 N–H and O–H groups in total. The molecule has 0 aliphatic carbocycles. The minimum Gasteiger partial charge on any atom is -0.480 e. The van der Waals surface area contributed by atoms with Gasteiger partial charge in [-0.2, -0.15) is 0 Å². The topological polar surface area (TPSA) is 239 Å². The number of amides is 3. The lowest BCUT2D eigenvalue weighted by Crippen LogP contribution is -2.49. The van der Waals surface area contributed by atoms with Crippen LogP contribution in [0.2, 0.25) is 0 Å². The second-order valence-electron chi connectivity index (χ2n) is 15.9. The lowest BCUT2D eigenvalue weighted by molar-refractivity contribution is -0.140. The van der Waals surface area contributed by atoms with Crippen molar-refractivity contribution in [1.82, 2.24) is 35.1 Å². The molecular formula is C39H41ClF8N8O8S2. The van der Waals surface area contributed by atoms with Gasteiger partial charge in [0.15, 0.2) is 56.1 Å². The maximum absolute atomic E-state index is 14.3. The number of halogens is 9. The molecule has 2 aliphatic heterocycles. The molecule has 66 heavy (non-hydrogen) atoms. The van der Waals surface area contributed by atoms with E-state index in [2.05, 4.69) is 25.9 Å². The van der Waals surface area contributed by atoms with Gasteiger partial charge in [-0.3, -0.25) is 14.4 Å². The first-order valence-electron chi connectivity index (χ1n) is 19.3. The van der Waals surface area contributed by atoms with Crippen LogP contribution in [0.25, 0.3) is 0 Å². The van der Waals surface area contributed by atoms with E-state index in [0.29, 0.717) is 22.8 Å². The summed E-state index contributed by atoms with van der Waals surface area (Å²) in [6, 6.07) is -2.46. The molecule has 4 aromatic rings. The van der Waals surface area contributed by atoms with Crippen molar-refractivity contribution >= 4 is 66.7 Å². The van der Waals surface area contributed by atoms with E-state index in [9.17, 15) is 64.2 Å². The number of hydrogen-bond donors (Lipinski definition) is 8. The van der Waals surface area contributed by atoms with Gasteiger partial charge in [0.05, 0.1) is 12.8 Å². The first-order valence-corrected chi connectivity index (χ1v) is 20.1. The number of H-pyrrole nitrogens is 2. The number of fused-ring (bicyclic) bond motifs is 2. The molecule has 2 aromatic heterocycles. The minimum atomic E-state index is -1.52. The van der Waals surface area contributed by atoms with Crippen molar-refractivity contribution in [2.45, 2.75) is 89.1 Å². The van der Waals surface area contributed by atoms with E-state index < -0.39 is 124 Å². The van der Waals surface area contributed by atoms with Crippen LogP contribution in [0.4, 0.5) is 39.9 Å². The largest absolute Gasteiger partial charge is 0.480 e. The number of nitrogens with zero attached hydrogens (tertiary/aromatic N) is 2. The lowest BCUT2D eigenvalue weighted by atomic mass is 9.94. The Morgan fingerprint density at radius 3 is 1.45 bits per heavy atom. The highest BCUT2D eigenvalue weighted by atomic mass is 35.5. The third-order valence-electron chi connectivity index (χ3n) is 10.2. The number of hydrogen-bond acceptors (Lipinski definition) is 9. The van der Waals surface area contributed by atoms with Gasteiger partial charge < -0.3 is 55.7 Å². The lowest BCUT2D eigenvalue weighted by Gasteiger charge is -2.22. The first kappa shape index (κ1) is 52.8. The quantitative estimate of drug-likeness (QED) is 0.0503. The Balaban J connectivity index is 0.000000290. The van der Waals surface area contributed by atoms with Gasteiger partial charge in [-0.1, -0.05) is 0 Å². The summed E-state index contributed by atoms with van der Waals surface area (Å²) in [6.07, 6.45) is -1.54. The molecule has 0 saturated carbocycles. The molecule has 0 spiro atoms. The number of benzene rings is 2. The first-order chi connectivity index (χ1) is 30.3. The van der Waals surface area contributed by atoms with Crippen molar-refractivity contribution in [3.63, 3.8) is 0 Å². The monoisotopic (exact) mass is 1000 g/mol. The van der Waals surface area contributed by atoms with Crippen molar-refractivity contribution in [2.75, 3.05) is 13.1 Å². The number of aliphatic carboxylic acids is 2. The Labute approximate surface area is 384 Å². The molecule has 16 nitrogen and oxygen atoms in total. The minimum absolute atomic E-state index is 0. The van der Waals surface area contributed by atoms with Gasteiger partial charge in [0, 0.05) is 84.1 Å². The van der Waals surface area contributed by atoms with Gasteiger partial charge in [0.25, 0.3) is 0 Å². The SMILES string of the molecule is CC(C)(C)OC(=O)N[C@@H](CNC(=O)Cc1[nH]c(=S)n2c1C[C@H](c1c(F)c(F)cc(F)c1F)C2)C(=O)O.Cl.N[C@@H](CNC(=O)Cc1[nH]c(=S)n2c1C[C@H](c1c(F)c(F)cc(F)c1F)C2)C(=O)O. The second kappa shape index (κ2) is 21.2. The number of carboxylic acid groups (broad SMARTS) is 2. The Morgan fingerprint density at radius 1 is 0.727 bits per heavy atom. The molecule has 27 heteroatoms. The number of imidazole rings is 2. The predicted octanol–water partition coefficient (Wildman–Crippen LogP) is 5.01. The van der Waals surface area contributed by atoms with Crippen LogP contribution in [-0.4, -0.2) is 89.9 Å². The molecule has 4 atom stereocenters. The molecule has 0 radical (unpaired) electrons. The van der Waals surface area contributed by atoms with Crippen molar-refractivity contribution < 1.29 is 74.0 Å².